The van der Waals surface area contributed by atoms with Crippen molar-refractivity contribution in [2.75, 3.05) is 6.54 Å². The summed E-state index contributed by atoms with van der Waals surface area (Å²) in [6.45, 7) is 9.70. The van der Waals surface area contributed by atoms with Crippen LogP contribution in [-0.2, 0) is 19.2 Å². The number of rotatable bonds is 14. The Balaban J connectivity index is 5.10. The summed E-state index contributed by atoms with van der Waals surface area (Å²) in [5, 5.41) is 8.11. The number of nitrogens with one attached hydrogen (secondary N) is 3. The third kappa shape index (κ3) is 11.7. The summed E-state index contributed by atoms with van der Waals surface area (Å²) >= 11 is 0. The molecule has 0 aromatic rings. The third-order valence-electron chi connectivity index (χ3n) is 4.20. The van der Waals surface area contributed by atoms with E-state index in [-0.39, 0.29) is 17.7 Å². The number of hydrogen-bond acceptors (Lipinski definition) is 5. The topological polar surface area (TPSA) is 130 Å². The SMILES string of the molecule is CC(=O)NC(CC(C)C)C(=O)NC(CC(C)C)C(=O)NC(C=O)CCCCN. The summed E-state index contributed by atoms with van der Waals surface area (Å²) in [6, 6.07) is -2.08. The molecule has 0 saturated heterocycles. The van der Waals surface area contributed by atoms with Crippen molar-refractivity contribution in [3.8, 4) is 0 Å². The highest BCUT2D eigenvalue weighted by Crippen LogP contribution is 2.09. The zero-order valence-corrected chi connectivity index (χ0v) is 17.9. The van der Waals surface area contributed by atoms with Gasteiger partial charge in [-0.2, -0.15) is 0 Å². The highest BCUT2D eigenvalue weighted by molar-refractivity contribution is 5.92. The predicted molar refractivity (Wildman–Crippen MR) is 109 cm³/mol. The molecule has 0 aliphatic carbocycles. The fourth-order valence-electron chi connectivity index (χ4n) is 2.89. The maximum absolute atomic E-state index is 12.7. The van der Waals surface area contributed by atoms with E-state index in [1.807, 2.05) is 27.7 Å². The quantitative estimate of drug-likeness (QED) is 0.255. The Hall–Kier alpha value is -1.96. The lowest BCUT2D eigenvalue weighted by molar-refractivity contribution is -0.133. The third-order valence-corrected chi connectivity index (χ3v) is 4.20. The Kier molecular flexibility index (Phi) is 13.1. The van der Waals surface area contributed by atoms with Crippen LogP contribution in [0, 0.1) is 11.8 Å². The van der Waals surface area contributed by atoms with Gasteiger partial charge in [-0.25, -0.2) is 0 Å². The smallest absolute Gasteiger partial charge is 0.243 e. The molecule has 0 rings (SSSR count). The van der Waals surface area contributed by atoms with Gasteiger partial charge >= 0.3 is 0 Å². The molecule has 0 aliphatic heterocycles. The van der Waals surface area contributed by atoms with Gasteiger partial charge in [0.05, 0.1) is 6.04 Å². The van der Waals surface area contributed by atoms with Crippen molar-refractivity contribution in [2.45, 2.75) is 84.8 Å². The van der Waals surface area contributed by atoms with Gasteiger partial charge < -0.3 is 26.5 Å². The van der Waals surface area contributed by atoms with E-state index >= 15 is 0 Å². The van der Waals surface area contributed by atoms with Crippen LogP contribution in [0.5, 0.6) is 0 Å². The summed E-state index contributed by atoms with van der Waals surface area (Å²) in [5.74, 6) is -0.727. The molecule has 8 nitrogen and oxygen atoms in total. The number of unbranched alkanes of at least 4 members (excludes halogenated alkanes) is 1. The van der Waals surface area contributed by atoms with Crippen LogP contribution in [0.2, 0.25) is 0 Å². The molecular weight excluding hydrogens is 360 g/mol. The highest BCUT2D eigenvalue weighted by Gasteiger charge is 2.28. The monoisotopic (exact) mass is 398 g/mol. The standard InChI is InChI=1S/C20H38N4O4/c1-13(2)10-17(22-15(5)26)20(28)24-18(11-14(3)4)19(27)23-16(12-25)8-6-7-9-21/h12-14,16-18H,6-11,21H2,1-5H3,(H,22,26)(H,23,27)(H,24,28). The largest absolute Gasteiger partial charge is 0.345 e. The summed E-state index contributed by atoms with van der Waals surface area (Å²) in [6.07, 6.45) is 3.64. The molecule has 0 bridgehead atoms. The summed E-state index contributed by atoms with van der Waals surface area (Å²) in [4.78, 5) is 48.1. The highest BCUT2D eigenvalue weighted by atomic mass is 16.2. The Labute approximate surface area is 168 Å². The molecule has 5 N–H and O–H groups in total. The van der Waals surface area contributed by atoms with Crippen LogP contribution >= 0.6 is 0 Å². The number of carbonyl (C=O) groups is 4. The van der Waals surface area contributed by atoms with Gasteiger partial charge in [0.25, 0.3) is 0 Å². The fraction of sp³-hybridized carbons (Fsp3) is 0.800. The molecule has 8 heteroatoms. The van der Waals surface area contributed by atoms with Crippen LogP contribution in [0.4, 0.5) is 0 Å². The van der Waals surface area contributed by atoms with E-state index in [0.717, 1.165) is 12.8 Å². The molecule has 28 heavy (non-hydrogen) atoms. The minimum atomic E-state index is -0.770. The maximum Gasteiger partial charge on any atom is 0.243 e. The van der Waals surface area contributed by atoms with Gasteiger partial charge in [0, 0.05) is 6.92 Å². The molecular formula is C20H38N4O4. The van der Waals surface area contributed by atoms with Crippen LogP contribution in [0.1, 0.15) is 66.7 Å². The van der Waals surface area contributed by atoms with Gasteiger partial charge in [0.15, 0.2) is 0 Å². The zero-order valence-electron chi connectivity index (χ0n) is 17.9. The minimum Gasteiger partial charge on any atom is -0.345 e. The average molecular weight is 399 g/mol. The Bertz CT molecular complexity index is 508. The molecule has 0 spiro atoms. The van der Waals surface area contributed by atoms with Gasteiger partial charge in [-0.05, 0) is 50.5 Å². The van der Waals surface area contributed by atoms with Crippen LogP contribution in [0.15, 0.2) is 0 Å². The van der Waals surface area contributed by atoms with Crippen LogP contribution < -0.4 is 21.7 Å². The molecule has 0 aromatic heterocycles. The van der Waals surface area contributed by atoms with Crippen molar-refractivity contribution in [3.63, 3.8) is 0 Å². The summed E-state index contributed by atoms with van der Waals surface area (Å²) in [7, 11) is 0. The van der Waals surface area contributed by atoms with E-state index in [4.69, 9.17) is 5.73 Å². The number of aldehydes is 1. The fourth-order valence-corrected chi connectivity index (χ4v) is 2.89. The van der Waals surface area contributed by atoms with Crippen molar-refractivity contribution in [1.82, 2.24) is 16.0 Å². The zero-order chi connectivity index (χ0) is 21.7. The maximum atomic E-state index is 12.7. The normalized spacial score (nSPS) is 14.3. The number of nitrogens with two attached hydrogens (primary N) is 1. The lowest BCUT2D eigenvalue weighted by atomic mass is 9.99. The number of amides is 3. The molecule has 0 radical (unpaired) electrons. The molecule has 3 unspecified atom stereocenters. The van der Waals surface area contributed by atoms with E-state index in [1.54, 1.807) is 0 Å². The molecule has 0 aliphatic rings. The van der Waals surface area contributed by atoms with Crippen molar-refractivity contribution in [2.24, 2.45) is 17.6 Å². The van der Waals surface area contributed by atoms with Crippen LogP contribution in [0.3, 0.4) is 0 Å². The van der Waals surface area contributed by atoms with E-state index < -0.39 is 29.9 Å². The molecule has 3 amide bonds. The minimum absolute atomic E-state index is 0.160. The Morgan fingerprint density at radius 2 is 1.36 bits per heavy atom. The van der Waals surface area contributed by atoms with Crippen LogP contribution in [0.25, 0.3) is 0 Å². The number of hydrogen-bond donors (Lipinski definition) is 4. The first-order chi connectivity index (χ1) is 13.1. The van der Waals surface area contributed by atoms with E-state index in [9.17, 15) is 19.2 Å². The first kappa shape index (κ1) is 26.0. The van der Waals surface area contributed by atoms with Gasteiger partial charge in [0.2, 0.25) is 17.7 Å². The second-order valence-electron chi connectivity index (χ2n) is 8.11. The molecule has 0 aromatic carbocycles. The first-order valence-electron chi connectivity index (χ1n) is 10.1. The van der Waals surface area contributed by atoms with Gasteiger partial charge in [-0.15, -0.1) is 0 Å². The molecule has 3 atom stereocenters. The first-order valence-corrected chi connectivity index (χ1v) is 10.1. The summed E-state index contributed by atoms with van der Waals surface area (Å²) < 4.78 is 0. The van der Waals surface area contributed by atoms with Gasteiger partial charge in [-0.3, -0.25) is 14.4 Å². The van der Waals surface area contributed by atoms with Crippen LogP contribution in [-0.4, -0.2) is 48.7 Å². The van der Waals surface area contributed by atoms with Crippen molar-refractivity contribution >= 4 is 24.0 Å². The number of carbonyl (C=O) groups excluding carboxylic acids is 4. The van der Waals surface area contributed by atoms with Crippen molar-refractivity contribution < 1.29 is 19.2 Å². The van der Waals surface area contributed by atoms with Gasteiger partial charge in [-0.1, -0.05) is 27.7 Å². The lowest BCUT2D eigenvalue weighted by Gasteiger charge is -2.25. The van der Waals surface area contributed by atoms with E-state index in [2.05, 4.69) is 16.0 Å². The Morgan fingerprint density at radius 3 is 1.79 bits per heavy atom. The van der Waals surface area contributed by atoms with Crippen molar-refractivity contribution in [1.29, 1.82) is 0 Å². The van der Waals surface area contributed by atoms with Gasteiger partial charge in [0.1, 0.15) is 18.4 Å². The predicted octanol–water partition coefficient (Wildman–Crippen LogP) is 0.881. The second kappa shape index (κ2) is 14.1. The van der Waals surface area contributed by atoms with Crippen molar-refractivity contribution in [3.05, 3.63) is 0 Å². The Morgan fingerprint density at radius 1 is 0.857 bits per heavy atom. The lowest BCUT2D eigenvalue weighted by Crippen LogP contribution is -2.55. The summed E-state index contributed by atoms with van der Waals surface area (Å²) in [5.41, 5.74) is 5.46. The molecule has 0 heterocycles. The molecule has 162 valence electrons. The average Bonchev–Trinajstić information content (AvgIpc) is 2.58. The second-order valence-corrected chi connectivity index (χ2v) is 8.11. The van der Waals surface area contributed by atoms with E-state index in [0.29, 0.717) is 32.1 Å². The molecule has 0 saturated carbocycles. The molecule has 0 fully saturated rings. The van der Waals surface area contributed by atoms with E-state index in [1.165, 1.54) is 6.92 Å².